The smallest absolute Gasteiger partial charge is 0.135 e. The second-order valence-corrected chi connectivity index (χ2v) is 18.4. The third-order valence-electron chi connectivity index (χ3n) is 14.9. The van der Waals surface area contributed by atoms with Crippen molar-refractivity contribution in [3.63, 3.8) is 0 Å². The molecule has 0 N–H and O–H groups in total. The average Bonchev–Trinajstić information content (AvgIpc) is 4.17. The third kappa shape index (κ3) is 4.62. The molecule has 0 saturated carbocycles. The Labute approximate surface area is 376 Å². The summed E-state index contributed by atoms with van der Waals surface area (Å²) < 4.78 is 17.5. The Morgan fingerprint density at radius 2 is 1.02 bits per heavy atom. The standard InChI is InChI=1S/C62H36N2O2/c1-2-10-43(11-3-1)63-52-15-7-4-14-46(52)60-55(63)34-50-47-28-39-20-18-35(37-22-24-58-48(29-37)44-12-5-8-16-56(44)65-58)26-41(39)32-53(47)64-54-33-42-27-36(19-21-40(42)31-51(54)61(60)62(50)64)38-23-25-59-49(30-38)45-13-6-9-17-57(45)66-59/h1-17,19,21-34H,18,20H2. The molecule has 0 atom stereocenters. The van der Waals surface area contributed by atoms with Crippen LogP contribution in [-0.4, -0.2) is 8.97 Å². The minimum Gasteiger partial charge on any atom is -0.456 e. The molecule has 16 rings (SSSR count). The van der Waals surface area contributed by atoms with Crippen LogP contribution in [0, 0.1) is 0 Å². The van der Waals surface area contributed by atoms with Gasteiger partial charge in [-0.15, -0.1) is 0 Å². The second kappa shape index (κ2) is 12.6. The molecule has 0 bridgehead atoms. The van der Waals surface area contributed by atoms with Crippen molar-refractivity contribution in [2.45, 2.75) is 12.8 Å². The van der Waals surface area contributed by atoms with Crippen LogP contribution in [0.3, 0.4) is 0 Å². The van der Waals surface area contributed by atoms with Crippen LogP contribution in [0.4, 0.5) is 0 Å². The van der Waals surface area contributed by atoms with Gasteiger partial charge in [0.1, 0.15) is 22.3 Å². The summed E-state index contributed by atoms with van der Waals surface area (Å²) in [5, 5.41) is 14.8. The largest absolute Gasteiger partial charge is 0.456 e. The lowest BCUT2D eigenvalue weighted by molar-refractivity contribution is 0.668. The van der Waals surface area contributed by atoms with Gasteiger partial charge in [0.25, 0.3) is 0 Å². The third-order valence-corrected chi connectivity index (χ3v) is 14.9. The summed E-state index contributed by atoms with van der Waals surface area (Å²) in [6.45, 7) is 0. The van der Waals surface area contributed by atoms with Crippen LogP contribution in [0.2, 0.25) is 0 Å². The van der Waals surface area contributed by atoms with Gasteiger partial charge in [0.15, 0.2) is 0 Å². The van der Waals surface area contributed by atoms with Crippen LogP contribution in [0.25, 0.3) is 143 Å². The number of para-hydroxylation sites is 4. The molecule has 0 unspecified atom stereocenters. The highest BCUT2D eigenvalue weighted by atomic mass is 16.3. The molecule has 15 aromatic rings. The number of furan rings is 2. The van der Waals surface area contributed by atoms with Crippen molar-refractivity contribution >= 4 is 126 Å². The van der Waals surface area contributed by atoms with Crippen LogP contribution in [0.15, 0.2) is 197 Å². The fourth-order valence-corrected chi connectivity index (χ4v) is 11.9. The Balaban J connectivity index is 0.977. The Bertz CT molecular complexity index is 4630. The Morgan fingerprint density at radius 3 is 1.82 bits per heavy atom. The first-order valence-electron chi connectivity index (χ1n) is 22.9. The summed E-state index contributed by atoms with van der Waals surface area (Å²) in [5.74, 6) is 0. The quantitative estimate of drug-likeness (QED) is 0.178. The Morgan fingerprint density at radius 1 is 0.364 bits per heavy atom. The van der Waals surface area contributed by atoms with Gasteiger partial charge in [-0.2, -0.15) is 0 Å². The lowest BCUT2D eigenvalue weighted by Gasteiger charge is -2.18. The zero-order valence-electron chi connectivity index (χ0n) is 35.6. The van der Waals surface area contributed by atoms with E-state index >= 15 is 0 Å². The van der Waals surface area contributed by atoms with Gasteiger partial charge in [-0.05, 0) is 148 Å². The van der Waals surface area contributed by atoms with E-state index in [1.807, 2.05) is 18.2 Å². The highest BCUT2D eigenvalue weighted by molar-refractivity contribution is 6.36. The van der Waals surface area contributed by atoms with Crippen LogP contribution in [0.5, 0.6) is 0 Å². The number of nitrogens with zero attached hydrogens (tertiary/aromatic N) is 2. The maximum atomic E-state index is 6.22. The molecule has 5 heterocycles. The minimum atomic E-state index is 0.913. The first-order chi connectivity index (χ1) is 32.7. The highest BCUT2D eigenvalue weighted by Gasteiger charge is 2.26. The van der Waals surface area contributed by atoms with E-state index in [0.717, 1.165) is 51.3 Å². The number of hydrogen-bond donors (Lipinski definition) is 0. The van der Waals surface area contributed by atoms with Gasteiger partial charge in [-0.3, -0.25) is 0 Å². The summed E-state index contributed by atoms with van der Waals surface area (Å²) in [6.07, 6.45) is 4.42. The number of rotatable bonds is 3. The zero-order chi connectivity index (χ0) is 42.8. The summed E-state index contributed by atoms with van der Waals surface area (Å²) in [6, 6.07) is 69.2. The van der Waals surface area contributed by atoms with Crippen LogP contribution < -0.4 is 0 Å². The number of allylic oxidation sites excluding steroid dienone is 1. The van der Waals surface area contributed by atoms with Gasteiger partial charge in [0.05, 0.1) is 27.6 Å². The maximum absolute atomic E-state index is 6.22. The Kier molecular flexibility index (Phi) is 6.63. The first kappa shape index (κ1) is 34.8. The van der Waals surface area contributed by atoms with Gasteiger partial charge in [0.2, 0.25) is 0 Å². The van der Waals surface area contributed by atoms with Gasteiger partial charge < -0.3 is 17.8 Å². The fraction of sp³-hybridized carbons (Fsp3) is 0.0323. The number of hydrogen-bond acceptors (Lipinski definition) is 2. The fourth-order valence-electron chi connectivity index (χ4n) is 11.9. The van der Waals surface area contributed by atoms with Crippen molar-refractivity contribution in [2.75, 3.05) is 0 Å². The summed E-state index contributed by atoms with van der Waals surface area (Å²) in [5.41, 5.74) is 18.8. The van der Waals surface area contributed by atoms with E-state index in [1.54, 1.807) is 0 Å². The molecule has 66 heavy (non-hydrogen) atoms. The van der Waals surface area contributed by atoms with Crippen molar-refractivity contribution in [1.82, 2.24) is 8.97 Å². The summed E-state index contributed by atoms with van der Waals surface area (Å²) in [7, 11) is 0. The van der Waals surface area contributed by atoms with E-state index in [2.05, 4.69) is 185 Å². The zero-order valence-corrected chi connectivity index (χ0v) is 35.6. The highest BCUT2D eigenvalue weighted by Crippen LogP contribution is 2.49. The minimum absolute atomic E-state index is 0.913. The lowest BCUT2D eigenvalue weighted by atomic mass is 9.87. The monoisotopic (exact) mass is 840 g/mol. The van der Waals surface area contributed by atoms with E-state index in [4.69, 9.17) is 8.83 Å². The average molecular weight is 841 g/mol. The molecule has 1 aliphatic rings. The molecular formula is C62H36N2O2. The number of benzene rings is 10. The summed E-state index contributed by atoms with van der Waals surface area (Å²) >= 11 is 0. The molecule has 4 nitrogen and oxygen atoms in total. The molecule has 0 radical (unpaired) electrons. The molecule has 1 aliphatic carbocycles. The number of fused-ring (bicyclic) bond motifs is 18. The van der Waals surface area contributed by atoms with Crippen LogP contribution in [0.1, 0.15) is 23.1 Å². The van der Waals surface area contributed by atoms with Gasteiger partial charge in [-0.25, -0.2) is 0 Å². The molecule has 0 amide bonds. The van der Waals surface area contributed by atoms with Crippen molar-refractivity contribution in [2.24, 2.45) is 0 Å². The van der Waals surface area contributed by atoms with Crippen molar-refractivity contribution < 1.29 is 8.83 Å². The van der Waals surface area contributed by atoms with E-state index in [-0.39, 0.29) is 0 Å². The van der Waals surface area contributed by atoms with E-state index in [0.29, 0.717) is 0 Å². The van der Waals surface area contributed by atoms with Gasteiger partial charge in [0, 0.05) is 59.5 Å². The van der Waals surface area contributed by atoms with Crippen molar-refractivity contribution in [3.8, 4) is 16.8 Å². The van der Waals surface area contributed by atoms with Gasteiger partial charge in [-0.1, -0.05) is 103 Å². The second-order valence-electron chi connectivity index (χ2n) is 18.4. The van der Waals surface area contributed by atoms with E-state index in [1.165, 1.54) is 115 Å². The predicted octanol–water partition coefficient (Wildman–Crippen LogP) is 17.0. The van der Waals surface area contributed by atoms with Gasteiger partial charge >= 0.3 is 0 Å². The van der Waals surface area contributed by atoms with Crippen molar-refractivity contribution in [3.05, 3.63) is 205 Å². The lowest BCUT2D eigenvalue weighted by Crippen LogP contribution is -1.99. The molecule has 10 aromatic carbocycles. The van der Waals surface area contributed by atoms with Crippen LogP contribution in [-0.2, 0) is 6.42 Å². The Hall–Kier alpha value is -8.60. The topological polar surface area (TPSA) is 35.6 Å². The van der Waals surface area contributed by atoms with Crippen LogP contribution >= 0.6 is 0 Å². The molecule has 0 fully saturated rings. The number of aromatic nitrogens is 2. The molecular weight excluding hydrogens is 805 g/mol. The molecule has 306 valence electrons. The van der Waals surface area contributed by atoms with Crippen molar-refractivity contribution in [1.29, 1.82) is 0 Å². The predicted molar refractivity (Wildman–Crippen MR) is 276 cm³/mol. The first-order valence-corrected chi connectivity index (χ1v) is 22.9. The molecule has 0 aliphatic heterocycles. The van der Waals surface area contributed by atoms with E-state index in [9.17, 15) is 0 Å². The SMILES string of the molecule is C1=C(c2ccc3oc4ccccc4c3c2)CCc2cc3c4cc5c(c6ccccc6n5-c5ccccc5)c5c6cc7ccc(-c8ccc9oc%10ccccc%10c9c8)cc7cc6n(c3cc21)c45. The normalized spacial score (nSPS) is 13.4. The summed E-state index contributed by atoms with van der Waals surface area (Å²) in [4.78, 5) is 0. The molecule has 4 heteroatoms. The van der Waals surface area contributed by atoms with E-state index < -0.39 is 0 Å². The molecule has 0 spiro atoms. The molecule has 5 aromatic heterocycles. The number of aryl methyl sites for hydroxylation is 1. The molecule has 0 saturated heterocycles. The maximum Gasteiger partial charge on any atom is 0.135 e.